The van der Waals surface area contributed by atoms with Gasteiger partial charge in [0.05, 0.1) is 18.7 Å². The maximum absolute atomic E-state index is 12.0. The summed E-state index contributed by atoms with van der Waals surface area (Å²) >= 11 is 0. The summed E-state index contributed by atoms with van der Waals surface area (Å²) in [6, 6.07) is 0. The quantitative estimate of drug-likeness (QED) is 0.439. The second-order valence-electron chi connectivity index (χ2n) is 5.35. The Bertz CT molecular complexity index is 868. The minimum atomic E-state index is -3.71. The first kappa shape index (κ1) is 17.0. The van der Waals surface area contributed by atoms with Gasteiger partial charge in [-0.1, -0.05) is 6.92 Å². The second-order valence-corrected chi connectivity index (χ2v) is 7.52. The monoisotopic (exact) mass is 359 g/mol. The summed E-state index contributed by atoms with van der Waals surface area (Å²) in [5.74, 6) is -0.336. The largest absolute Gasteiger partial charge is 0.394 e. The Kier molecular flexibility index (Phi) is 4.17. The van der Waals surface area contributed by atoms with Crippen LogP contribution in [0.15, 0.2) is 11.5 Å². The van der Waals surface area contributed by atoms with Crippen LogP contribution < -0.4 is 5.73 Å². The van der Waals surface area contributed by atoms with E-state index in [-0.39, 0.29) is 22.7 Å². The standard InChI is InChI=1S/C12H17N5O6S/c1-2-24(21,22)12-15-9(13)6-10(16-12)17(4-14-6)11-8(20)7(19)5(3-18)23-11/h4-5,7-8,11,18-20H,2-3H2,1H3,(H2,13,15,16)/t5-,7-,8-,11-/m1/s1. The summed E-state index contributed by atoms with van der Waals surface area (Å²) in [4.78, 5) is 11.7. The van der Waals surface area contributed by atoms with Crippen molar-refractivity contribution in [1.29, 1.82) is 0 Å². The molecule has 24 heavy (non-hydrogen) atoms. The number of hydrogen-bond acceptors (Lipinski definition) is 10. The van der Waals surface area contributed by atoms with E-state index in [9.17, 15) is 18.6 Å². The van der Waals surface area contributed by atoms with Crippen LogP contribution in [0, 0.1) is 0 Å². The van der Waals surface area contributed by atoms with Crippen LogP contribution in [0.4, 0.5) is 5.82 Å². The van der Waals surface area contributed by atoms with Gasteiger partial charge in [-0.05, 0) is 0 Å². The van der Waals surface area contributed by atoms with Crippen molar-refractivity contribution in [2.24, 2.45) is 0 Å². The molecule has 1 fully saturated rings. The molecule has 5 N–H and O–H groups in total. The maximum atomic E-state index is 12.0. The van der Waals surface area contributed by atoms with E-state index >= 15 is 0 Å². The van der Waals surface area contributed by atoms with Gasteiger partial charge in [-0.25, -0.2) is 13.4 Å². The van der Waals surface area contributed by atoms with Crippen molar-refractivity contribution in [2.45, 2.75) is 36.6 Å². The van der Waals surface area contributed by atoms with Gasteiger partial charge in [0.1, 0.15) is 23.8 Å². The van der Waals surface area contributed by atoms with Gasteiger partial charge in [0.2, 0.25) is 9.84 Å². The van der Waals surface area contributed by atoms with E-state index in [0.29, 0.717) is 0 Å². The summed E-state index contributed by atoms with van der Waals surface area (Å²) in [6.45, 7) is 0.955. The fraction of sp³-hybridized carbons (Fsp3) is 0.583. The van der Waals surface area contributed by atoms with E-state index in [1.54, 1.807) is 0 Å². The van der Waals surface area contributed by atoms with Crippen LogP contribution in [0.3, 0.4) is 0 Å². The molecule has 0 spiro atoms. The zero-order valence-corrected chi connectivity index (χ0v) is 13.5. The molecule has 3 heterocycles. The molecule has 0 aromatic carbocycles. The smallest absolute Gasteiger partial charge is 0.251 e. The molecule has 2 aromatic heterocycles. The zero-order chi connectivity index (χ0) is 17.6. The summed E-state index contributed by atoms with van der Waals surface area (Å²) in [5, 5.41) is 28.7. The molecule has 1 saturated heterocycles. The van der Waals surface area contributed by atoms with Gasteiger partial charge in [0.15, 0.2) is 17.7 Å². The van der Waals surface area contributed by atoms with Crippen LogP contribution in [-0.4, -0.2) is 73.9 Å². The van der Waals surface area contributed by atoms with Crippen LogP contribution in [0.5, 0.6) is 0 Å². The minimum absolute atomic E-state index is 0.0457. The van der Waals surface area contributed by atoms with Gasteiger partial charge in [0, 0.05) is 0 Å². The van der Waals surface area contributed by atoms with Crippen LogP contribution >= 0.6 is 0 Å². The number of hydrogen-bond donors (Lipinski definition) is 4. The Hall–Kier alpha value is -1.86. The van der Waals surface area contributed by atoms with Crippen molar-refractivity contribution >= 4 is 26.8 Å². The molecule has 1 aliphatic rings. The van der Waals surface area contributed by atoms with Crippen molar-refractivity contribution in [1.82, 2.24) is 19.5 Å². The lowest BCUT2D eigenvalue weighted by atomic mass is 10.1. The number of ether oxygens (including phenoxy) is 1. The molecule has 0 aliphatic carbocycles. The Morgan fingerprint density at radius 3 is 2.62 bits per heavy atom. The van der Waals surface area contributed by atoms with E-state index in [2.05, 4.69) is 15.0 Å². The van der Waals surface area contributed by atoms with E-state index in [4.69, 9.17) is 15.6 Å². The first-order valence-corrected chi connectivity index (χ1v) is 8.80. The highest BCUT2D eigenvalue weighted by Crippen LogP contribution is 2.32. The number of nitrogens with zero attached hydrogens (tertiary/aromatic N) is 4. The molecule has 132 valence electrons. The lowest BCUT2D eigenvalue weighted by molar-refractivity contribution is -0.0511. The third-order valence-corrected chi connectivity index (χ3v) is 5.38. The molecule has 2 aromatic rings. The fourth-order valence-electron chi connectivity index (χ4n) is 2.48. The molecule has 1 aliphatic heterocycles. The number of sulfone groups is 1. The molecule has 0 bridgehead atoms. The highest BCUT2D eigenvalue weighted by atomic mass is 32.2. The van der Waals surface area contributed by atoms with Crippen molar-refractivity contribution < 1.29 is 28.5 Å². The number of aromatic nitrogens is 4. The third-order valence-electron chi connectivity index (χ3n) is 3.88. The number of aliphatic hydroxyl groups excluding tert-OH is 3. The summed E-state index contributed by atoms with van der Waals surface area (Å²) in [6.07, 6.45) is -3.51. The molecule has 12 heteroatoms. The molecular weight excluding hydrogens is 342 g/mol. The molecule has 0 saturated carbocycles. The predicted octanol–water partition coefficient (Wildman–Crippen LogP) is -2.19. The van der Waals surface area contributed by atoms with E-state index < -0.39 is 46.1 Å². The topological polar surface area (TPSA) is 174 Å². The third kappa shape index (κ3) is 2.52. The van der Waals surface area contributed by atoms with E-state index in [1.807, 2.05) is 0 Å². The molecule has 3 rings (SSSR count). The average Bonchev–Trinajstić information content (AvgIpc) is 3.10. The van der Waals surface area contributed by atoms with Crippen LogP contribution in [0.2, 0.25) is 0 Å². The Morgan fingerprint density at radius 1 is 1.33 bits per heavy atom. The predicted molar refractivity (Wildman–Crippen MR) is 80.5 cm³/mol. The molecule has 0 radical (unpaired) electrons. The highest BCUT2D eigenvalue weighted by Gasteiger charge is 2.44. The first-order valence-electron chi connectivity index (χ1n) is 7.15. The maximum Gasteiger partial charge on any atom is 0.251 e. The van der Waals surface area contributed by atoms with Gasteiger partial charge >= 0.3 is 0 Å². The summed E-state index contributed by atoms with van der Waals surface area (Å²) in [5.41, 5.74) is 5.94. The molecule has 0 unspecified atom stereocenters. The van der Waals surface area contributed by atoms with Crippen molar-refractivity contribution in [3.05, 3.63) is 6.33 Å². The second kappa shape index (κ2) is 5.89. The Morgan fingerprint density at radius 2 is 2.04 bits per heavy atom. The van der Waals surface area contributed by atoms with Gasteiger partial charge in [0.25, 0.3) is 5.16 Å². The SMILES string of the molecule is CCS(=O)(=O)c1nc(N)c2ncn([C@@H]3O[C@H](CO)[C@@H](O)[C@H]3O)c2n1. The summed E-state index contributed by atoms with van der Waals surface area (Å²) < 4.78 is 30.7. The van der Waals surface area contributed by atoms with Crippen molar-refractivity contribution in [3.8, 4) is 0 Å². The van der Waals surface area contributed by atoms with Gasteiger partial charge < -0.3 is 25.8 Å². The summed E-state index contributed by atoms with van der Waals surface area (Å²) in [7, 11) is -3.71. The number of imidazole rings is 1. The Balaban J connectivity index is 2.13. The van der Waals surface area contributed by atoms with E-state index in [0.717, 1.165) is 0 Å². The highest BCUT2D eigenvalue weighted by molar-refractivity contribution is 7.91. The first-order chi connectivity index (χ1) is 11.3. The lowest BCUT2D eigenvalue weighted by Gasteiger charge is -2.16. The Labute approximate surface area is 136 Å². The van der Waals surface area contributed by atoms with Crippen molar-refractivity contribution in [2.75, 3.05) is 18.1 Å². The van der Waals surface area contributed by atoms with Gasteiger partial charge in [-0.2, -0.15) is 9.97 Å². The number of nitrogen functional groups attached to an aromatic ring is 1. The number of nitrogens with two attached hydrogens (primary N) is 1. The molecular formula is C12H17N5O6S. The average molecular weight is 359 g/mol. The van der Waals surface area contributed by atoms with Gasteiger partial charge in [-0.15, -0.1) is 0 Å². The van der Waals surface area contributed by atoms with Crippen molar-refractivity contribution in [3.63, 3.8) is 0 Å². The van der Waals surface area contributed by atoms with Crippen LogP contribution in [0.1, 0.15) is 13.2 Å². The number of aliphatic hydroxyl groups is 3. The van der Waals surface area contributed by atoms with E-state index in [1.165, 1.54) is 17.8 Å². The number of fused-ring (bicyclic) bond motifs is 1. The number of anilines is 1. The lowest BCUT2D eigenvalue weighted by Crippen LogP contribution is -2.33. The number of rotatable bonds is 4. The van der Waals surface area contributed by atoms with Crippen LogP contribution in [0.25, 0.3) is 11.2 Å². The normalized spacial score (nSPS) is 27.8. The molecule has 0 amide bonds. The zero-order valence-electron chi connectivity index (χ0n) is 12.6. The minimum Gasteiger partial charge on any atom is -0.394 e. The van der Waals surface area contributed by atoms with Gasteiger partial charge in [-0.3, -0.25) is 4.57 Å². The molecule has 4 atom stereocenters. The fourth-order valence-corrected chi connectivity index (χ4v) is 3.20. The molecule has 11 nitrogen and oxygen atoms in total. The van der Waals surface area contributed by atoms with Crippen LogP contribution in [-0.2, 0) is 14.6 Å².